The van der Waals surface area contributed by atoms with Gasteiger partial charge in [0.25, 0.3) is 0 Å². The Hall–Kier alpha value is -1.96. The molecule has 3 aliphatic rings. The predicted molar refractivity (Wildman–Crippen MR) is 151 cm³/mol. The minimum atomic E-state index is -1.12. The van der Waals surface area contributed by atoms with Crippen molar-refractivity contribution in [3.63, 3.8) is 0 Å². The number of ether oxygens (including phenoxy) is 9. The van der Waals surface area contributed by atoms with Crippen LogP contribution in [0.3, 0.4) is 0 Å². The van der Waals surface area contributed by atoms with Gasteiger partial charge in [-0.1, -0.05) is 67.6 Å². The zero-order chi connectivity index (χ0) is 29.7. The summed E-state index contributed by atoms with van der Waals surface area (Å²) in [5.74, 6) is -1.04. The molecule has 0 spiro atoms. The Bertz CT molecular complexity index is 1080. The highest BCUT2D eigenvalue weighted by molar-refractivity contribution is 5.14. The monoisotopic (exact) mass is 588 g/mol. The third-order valence-electron chi connectivity index (χ3n) is 8.08. The quantitative estimate of drug-likeness (QED) is 0.420. The van der Waals surface area contributed by atoms with Crippen LogP contribution in [-0.4, -0.2) is 93.6 Å². The lowest BCUT2D eigenvalue weighted by Crippen LogP contribution is -2.66. The van der Waals surface area contributed by atoms with Crippen molar-refractivity contribution in [2.24, 2.45) is 5.92 Å². The summed E-state index contributed by atoms with van der Waals surface area (Å²) >= 11 is 0. The van der Waals surface area contributed by atoms with E-state index in [0.717, 1.165) is 11.1 Å². The van der Waals surface area contributed by atoms with Crippen molar-refractivity contribution in [3.05, 3.63) is 71.8 Å². The standard InChI is InChI=1S/C32H44O10/c1-20-26(41-30-25(33)29(34-4)28-24(39-30)19-38-32(2,3)42-28)23(18-36-16-21-12-8-6-9-13-21)40-31(35-5)27(20)37-17-22-14-10-7-11-15-22/h6-15,20,23-31,33H,16-19H2,1-5H3/t20?,23-,24?,25?,26+,27?,28+,29+,30+,31+/m1/s1. The summed E-state index contributed by atoms with van der Waals surface area (Å²) in [6.07, 6.45) is -6.02. The van der Waals surface area contributed by atoms with Crippen LogP contribution in [0.1, 0.15) is 31.9 Å². The number of hydrogen-bond donors (Lipinski definition) is 1. The van der Waals surface area contributed by atoms with E-state index in [1.165, 1.54) is 0 Å². The maximum absolute atomic E-state index is 11.4. The van der Waals surface area contributed by atoms with E-state index in [1.807, 2.05) is 81.4 Å². The average Bonchev–Trinajstić information content (AvgIpc) is 2.99. The van der Waals surface area contributed by atoms with Crippen LogP contribution >= 0.6 is 0 Å². The highest BCUT2D eigenvalue weighted by atomic mass is 16.8. The van der Waals surface area contributed by atoms with Crippen LogP contribution in [0.4, 0.5) is 0 Å². The van der Waals surface area contributed by atoms with Crippen LogP contribution < -0.4 is 0 Å². The normalized spacial score (nSPS) is 36.3. The second kappa shape index (κ2) is 14.2. The van der Waals surface area contributed by atoms with E-state index in [2.05, 4.69) is 0 Å². The molecule has 0 bridgehead atoms. The Morgan fingerprint density at radius 3 is 2.14 bits per heavy atom. The Kier molecular flexibility index (Phi) is 10.6. The number of rotatable bonds is 11. The largest absolute Gasteiger partial charge is 0.385 e. The molecule has 4 unspecified atom stereocenters. The summed E-state index contributed by atoms with van der Waals surface area (Å²) < 4.78 is 55.1. The smallest absolute Gasteiger partial charge is 0.187 e. The number of benzene rings is 2. The maximum Gasteiger partial charge on any atom is 0.187 e. The van der Waals surface area contributed by atoms with Gasteiger partial charge in [0.1, 0.15) is 36.6 Å². The van der Waals surface area contributed by atoms with Crippen LogP contribution in [0.15, 0.2) is 60.7 Å². The molecule has 232 valence electrons. The third-order valence-corrected chi connectivity index (χ3v) is 8.08. The summed E-state index contributed by atoms with van der Waals surface area (Å²) in [6, 6.07) is 19.9. The number of aliphatic hydroxyl groups is 1. The molecule has 3 aliphatic heterocycles. The zero-order valence-electron chi connectivity index (χ0n) is 25.0. The Morgan fingerprint density at radius 2 is 1.50 bits per heavy atom. The van der Waals surface area contributed by atoms with Crippen molar-refractivity contribution < 1.29 is 47.7 Å². The first-order chi connectivity index (χ1) is 20.3. The molecule has 0 saturated carbocycles. The molecule has 0 radical (unpaired) electrons. The highest BCUT2D eigenvalue weighted by Gasteiger charge is 2.54. The molecule has 2 aromatic carbocycles. The highest BCUT2D eigenvalue weighted by Crippen LogP contribution is 2.37. The molecule has 10 atom stereocenters. The van der Waals surface area contributed by atoms with E-state index in [-0.39, 0.29) is 19.1 Å². The minimum Gasteiger partial charge on any atom is -0.385 e. The van der Waals surface area contributed by atoms with Gasteiger partial charge in [0.05, 0.1) is 32.5 Å². The lowest BCUT2D eigenvalue weighted by molar-refractivity contribution is -0.398. The average molecular weight is 589 g/mol. The topological polar surface area (TPSA) is 103 Å². The molecule has 10 nitrogen and oxygen atoms in total. The van der Waals surface area contributed by atoms with Crippen molar-refractivity contribution in [1.82, 2.24) is 0 Å². The number of fused-ring (bicyclic) bond motifs is 1. The summed E-state index contributed by atoms with van der Waals surface area (Å²) in [5, 5.41) is 11.4. The van der Waals surface area contributed by atoms with Gasteiger partial charge in [-0.05, 0) is 25.0 Å². The first kappa shape index (κ1) is 31.5. The molecular weight excluding hydrogens is 544 g/mol. The first-order valence-electron chi connectivity index (χ1n) is 14.6. The van der Waals surface area contributed by atoms with Crippen LogP contribution in [0.5, 0.6) is 0 Å². The van der Waals surface area contributed by atoms with Crippen LogP contribution in [0, 0.1) is 5.92 Å². The fraction of sp³-hybridized carbons (Fsp3) is 0.625. The SMILES string of the molecule is CO[C@H]1O[C@H](COCc2ccccc2)[C@@H](O[C@@H]2OC3COC(C)(C)O[C@@H]3[C@@H](OC)C2O)C(C)C1OCc1ccccc1. The molecular formula is C32H44O10. The van der Waals surface area contributed by atoms with Crippen molar-refractivity contribution in [1.29, 1.82) is 0 Å². The second-order valence-corrected chi connectivity index (χ2v) is 11.5. The number of hydrogen-bond acceptors (Lipinski definition) is 10. The van der Waals surface area contributed by atoms with Gasteiger partial charge in [-0.15, -0.1) is 0 Å². The molecule has 1 N–H and O–H groups in total. The molecule has 3 fully saturated rings. The van der Waals surface area contributed by atoms with Crippen molar-refractivity contribution >= 4 is 0 Å². The zero-order valence-corrected chi connectivity index (χ0v) is 25.0. The van der Waals surface area contributed by atoms with Crippen molar-refractivity contribution in [2.75, 3.05) is 27.4 Å². The fourth-order valence-corrected chi connectivity index (χ4v) is 5.85. The number of aliphatic hydroxyl groups excluding tert-OH is 1. The summed E-state index contributed by atoms with van der Waals surface area (Å²) in [6.45, 7) is 6.98. The summed E-state index contributed by atoms with van der Waals surface area (Å²) in [4.78, 5) is 0. The van der Waals surface area contributed by atoms with E-state index in [9.17, 15) is 5.11 Å². The lowest BCUT2D eigenvalue weighted by atomic mass is 9.89. The van der Waals surface area contributed by atoms with Gasteiger partial charge in [-0.3, -0.25) is 0 Å². The Morgan fingerprint density at radius 1 is 0.833 bits per heavy atom. The van der Waals surface area contributed by atoms with E-state index in [1.54, 1.807) is 14.2 Å². The van der Waals surface area contributed by atoms with Gasteiger partial charge in [0.2, 0.25) is 0 Å². The third kappa shape index (κ3) is 7.39. The molecule has 10 heteroatoms. The van der Waals surface area contributed by atoms with Crippen LogP contribution in [0.25, 0.3) is 0 Å². The van der Waals surface area contributed by atoms with Gasteiger partial charge in [0, 0.05) is 20.1 Å². The lowest BCUT2D eigenvalue weighted by Gasteiger charge is -2.51. The van der Waals surface area contributed by atoms with Gasteiger partial charge < -0.3 is 47.7 Å². The molecule has 0 aliphatic carbocycles. The van der Waals surface area contributed by atoms with Gasteiger partial charge in [0.15, 0.2) is 18.4 Å². The van der Waals surface area contributed by atoms with Crippen molar-refractivity contribution in [3.8, 4) is 0 Å². The number of methoxy groups -OCH3 is 2. The molecule has 2 aromatic rings. The Balaban J connectivity index is 1.33. The fourth-order valence-electron chi connectivity index (χ4n) is 5.85. The van der Waals surface area contributed by atoms with E-state index < -0.39 is 61.1 Å². The molecule has 0 amide bonds. The summed E-state index contributed by atoms with van der Waals surface area (Å²) in [5.41, 5.74) is 2.08. The van der Waals surface area contributed by atoms with Gasteiger partial charge in [-0.2, -0.15) is 0 Å². The second-order valence-electron chi connectivity index (χ2n) is 11.5. The molecule has 3 heterocycles. The van der Waals surface area contributed by atoms with Gasteiger partial charge in [-0.25, -0.2) is 0 Å². The molecule has 3 saturated heterocycles. The summed E-state index contributed by atoms with van der Waals surface area (Å²) in [7, 11) is 3.14. The van der Waals surface area contributed by atoms with E-state index in [4.69, 9.17) is 42.6 Å². The molecule has 0 aromatic heterocycles. The van der Waals surface area contributed by atoms with Crippen LogP contribution in [-0.2, 0) is 55.8 Å². The van der Waals surface area contributed by atoms with E-state index >= 15 is 0 Å². The predicted octanol–water partition coefficient (Wildman–Crippen LogP) is 3.43. The van der Waals surface area contributed by atoms with E-state index in [0.29, 0.717) is 13.2 Å². The van der Waals surface area contributed by atoms with Gasteiger partial charge >= 0.3 is 0 Å². The maximum atomic E-state index is 11.4. The Labute approximate surface area is 248 Å². The molecule has 5 rings (SSSR count). The van der Waals surface area contributed by atoms with Crippen molar-refractivity contribution in [2.45, 2.75) is 95.1 Å². The molecule has 42 heavy (non-hydrogen) atoms. The minimum absolute atomic E-state index is 0.218. The van der Waals surface area contributed by atoms with Crippen LogP contribution in [0.2, 0.25) is 0 Å². The first-order valence-corrected chi connectivity index (χ1v) is 14.6.